The van der Waals surface area contributed by atoms with Gasteiger partial charge in [0.05, 0.1) is 6.04 Å². The molecule has 1 saturated carbocycles. The summed E-state index contributed by atoms with van der Waals surface area (Å²) in [5, 5.41) is 1.35. The molecule has 3 aliphatic rings. The van der Waals surface area contributed by atoms with E-state index < -0.39 is 0 Å². The van der Waals surface area contributed by atoms with Crippen LogP contribution in [0.4, 0.5) is 0 Å². The van der Waals surface area contributed by atoms with Crippen LogP contribution < -0.4 is 0 Å². The van der Waals surface area contributed by atoms with E-state index in [4.69, 9.17) is 0 Å². The number of fused-ring (bicyclic) bond motifs is 6. The molecule has 2 aliphatic heterocycles. The van der Waals surface area contributed by atoms with Crippen molar-refractivity contribution in [1.82, 2.24) is 9.88 Å². The fraction of sp³-hybridized carbons (Fsp3) is 0.500. The van der Waals surface area contributed by atoms with Crippen LogP contribution in [0.3, 0.4) is 0 Å². The number of piperidine rings is 1. The van der Waals surface area contributed by atoms with Crippen molar-refractivity contribution in [3.8, 4) is 0 Å². The third kappa shape index (κ3) is 1.52. The van der Waals surface area contributed by atoms with Gasteiger partial charge >= 0.3 is 0 Å². The Kier molecular flexibility index (Phi) is 2.33. The fourth-order valence-corrected chi connectivity index (χ4v) is 4.97. The summed E-state index contributed by atoms with van der Waals surface area (Å²) in [5.74, 6) is 1.38. The largest absolute Gasteiger partial charge is 0.356 e. The first kappa shape index (κ1) is 11.8. The number of rotatable bonds is 0. The number of nitrogens with zero attached hydrogens (tertiary/aromatic N) is 1. The standard InChI is InChI=1S/C18H20N2O/c21-18-12-6-3-4-11(12)10-16-17-14(8-9-20(16)18)13-5-1-2-7-15(13)19-17/h1-2,5,7,11-12,16,19H,3-4,6,8-10H2/t11-,12-,16-/m0/s1. The first-order chi connectivity index (χ1) is 10.3. The number of amides is 1. The number of H-pyrrole nitrogens is 1. The molecule has 3 heterocycles. The van der Waals surface area contributed by atoms with E-state index in [0.717, 1.165) is 25.8 Å². The second-order valence-electron chi connectivity index (χ2n) is 6.89. The topological polar surface area (TPSA) is 36.1 Å². The molecule has 2 aromatic rings. The maximum absolute atomic E-state index is 12.8. The number of hydrogen-bond acceptors (Lipinski definition) is 1. The van der Waals surface area contributed by atoms with E-state index in [1.807, 2.05) is 0 Å². The van der Waals surface area contributed by atoms with Crippen LogP contribution in [0.2, 0.25) is 0 Å². The number of aromatic nitrogens is 1. The average Bonchev–Trinajstić information content (AvgIpc) is 3.11. The minimum absolute atomic E-state index is 0.299. The van der Waals surface area contributed by atoms with Crippen molar-refractivity contribution in [2.45, 2.75) is 38.1 Å². The Bertz CT molecular complexity index is 732. The molecule has 0 bridgehead atoms. The van der Waals surface area contributed by atoms with E-state index in [9.17, 15) is 4.79 Å². The normalized spacial score (nSPS) is 31.1. The van der Waals surface area contributed by atoms with Gasteiger partial charge in [-0.25, -0.2) is 0 Å². The molecule has 1 saturated heterocycles. The minimum atomic E-state index is 0.299. The second-order valence-corrected chi connectivity index (χ2v) is 6.89. The molecule has 108 valence electrons. The molecule has 3 heteroatoms. The number of aromatic amines is 1. The molecular formula is C18H20N2O. The number of hydrogen-bond donors (Lipinski definition) is 1. The van der Waals surface area contributed by atoms with Crippen molar-refractivity contribution in [3.05, 3.63) is 35.5 Å². The highest BCUT2D eigenvalue weighted by atomic mass is 16.2. The van der Waals surface area contributed by atoms with E-state index in [-0.39, 0.29) is 0 Å². The van der Waals surface area contributed by atoms with Crippen LogP contribution in [0.15, 0.2) is 24.3 Å². The lowest BCUT2D eigenvalue weighted by atomic mass is 9.80. The van der Waals surface area contributed by atoms with Gasteiger partial charge in [0.2, 0.25) is 5.91 Å². The smallest absolute Gasteiger partial charge is 0.226 e. The van der Waals surface area contributed by atoms with Gasteiger partial charge in [0.25, 0.3) is 0 Å². The van der Waals surface area contributed by atoms with Gasteiger partial charge in [-0.15, -0.1) is 0 Å². The molecule has 0 radical (unpaired) electrons. The number of nitrogens with one attached hydrogen (secondary N) is 1. The summed E-state index contributed by atoms with van der Waals surface area (Å²) in [5.41, 5.74) is 4.00. The zero-order chi connectivity index (χ0) is 14.0. The first-order valence-corrected chi connectivity index (χ1v) is 8.23. The molecule has 2 fully saturated rings. The van der Waals surface area contributed by atoms with E-state index in [2.05, 4.69) is 34.1 Å². The lowest BCUT2D eigenvalue weighted by Crippen LogP contribution is -2.48. The van der Waals surface area contributed by atoms with Crippen LogP contribution in [0, 0.1) is 11.8 Å². The summed E-state index contributed by atoms with van der Waals surface area (Å²) in [4.78, 5) is 18.6. The van der Waals surface area contributed by atoms with Gasteiger partial charge in [0.15, 0.2) is 0 Å². The maximum atomic E-state index is 12.8. The van der Waals surface area contributed by atoms with Crippen LogP contribution in [0.1, 0.15) is 43.0 Å². The molecule has 1 aromatic carbocycles. The molecule has 0 unspecified atom stereocenters. The predicted molar refractivity (Wildman–Crippen MR) is 81.9 cm³/mol. The summed E-state index contributed by atoms with van der Waals surface area (Å²) in [6.45, 7) is 0.904. The van der Waals surface area contributed by atoms with Crippen molar-refractivity contribution >= 4 is 16.8 Å². The van der Waals surface area contributed by atoms with Crippen molar-refractivity contribution in [2.75, 3.05) is 6.54 Å². The van der Waals surface area contributed by atoms with E-state index in [0.29, 0.717) is 23.8 Å². The molecule has 1 N–H and O–H groups in total. The molecule has 5 rings (SSSR count). The molecule has 3 atom stereocenters. The zero-order valence-corrected chi connectivity index (χ0v) is 12.1. The van der Waals surface area contributed by atoms with Crippen LogP contribution in [0.5, 0.6) is 0 Å². The van der Waals surface area contributed by atoms with Crippen molar-refractivity contribution in [2.24, 2.45) is 11.8 Å². The molecule has 1 aromatic heterocycles. The number of carbonyl (C=O) groups is 1. The van der Waals surface area contributed by atoms with Gasteiger partial charge in [-0.3, -0.25) is 4.79 Å². The zero-order valence-electron chi connectivity index (χ0n) is 12.1. The molecule has 0 spiro atoms. The Hall–Kier alpha value is -1.77. The Morgan fingerprint density at radius 3 is 3.05 bits per heavy atom. The fourth-order valence-electron chi connectivity index (χ4n) is 4.97. The summed E-state index contributed by atoms with van der Waals surface area (Å²) in [6.07, 6.45) is 5.76. The van der Waals surface area contributed by atoms with Gasteiger partial charge < -0.3 is 9.88 Å². The third-order valence-corrected chi connectivity index (χ3v) is 5.94. The lowest BCUT2D eigenvalue weighted by Gasteiger charge is -2.44. The molecule has 1 amide bonds. The van der Waals surface area contributed by atoms with Crippen molar-refractivity contribution in [1.29, 1.82) is 0 Å². The van der Waals surface area contributed by atoms with Crippen LogP contribution in [-0.2, 0) is 11.2 Å². The summed E-state index contributed by atoms with van der Waals surface area (Å²) in [6, 6.07) is 8.86. The SMILES string of the molecule is O=C1[C@H]2CCC[C@H]2C[C@H]2c3[nH]c4ccccc4c3CCN12. The maximum Gasteiger partial charge on any atom is 0.226 e. The Balaban J connectivity index is 1.64. The summed E-state index contributed by atoms with van der Waals surface area (Å²) in [7, 11) is 0. The average molecular weight is 280 g/mol. The molecule has 3 nitrogen and oxygen atoms in total. The van der Waals surface area contributed by atoms with Crippen LogP contribution in [-0.4, -0.2) is 22.3 Å². The summed E-state index contributed by atoms with van der Waals surface area (Å²) < 4.78 is 0. The van der Waals surface area contributed by atoms with E-state index in [1.165, 1.54) is 35.0 Å². The quantitative estimate of drug-likeness (QED) is 0.788. The van der Waals surface area contributed by atoms with Gasteiger partial charge in [-0.2, -0.15) is 0 Å². The number of benzene rings is 1. The van der Waals surface area contributed by atoms with Crippen LogP contribution in [0.25, 0.3) is 10.9 Å². The number of para-hydroxylation sites is 1. The predicted octanol–water partition coefficient (Wildman–Crippen LogP) is 3.41. The van der Waals surface area contributed by atoms with E-state index in [1.54, 1.807) is 0 Å². The highest BCUT2D eigenvalue weighted by Crippen LogP contribution is 2.48. The number of carbonyl (C=O) groups excluding carboxylic acids is 1. The second kappa shape index (κ2) is 4.12. The van der Waals surface area contributed by atoms with Gasteiger partial charge in [0.1, 0.15) is 0 Å². The molecular weight excluding hydrogens is 260 g/mol. The first-order valence-electron chi connectivity index (χ1n) is 8.23. The van der Waals surface area contributed by atoms with E-state index >= 15 is 0 Å². The Morgan fingerprint density at radius 2 is 2.10 bits per heavy atom. The Labute approximate surface area is 124 Å². The van der Waals surface area contributed by atoms with Gasteiger partial charge in [-0.1, -0.05) is 24.6 Å². The highest BCUT2D eigenvalue weighted by molar-refractivity contribution is 5.87. The molecule has 21 heavy (non-hydrogen) atoms. The highest BCUT2D eigenvalue weighted by Gasteiger charge is 2.46. The Morgan fingerprint density at radius 1 is 1.19 bits per heavy atom. The van der Waals surface area contributed by atoms with Crippen molar-refractivity contribution in [3.63, 3.8) is 0 Å². The van der Waals surface area contributed by atoms with Gasteiger partial charge in [-0.05, 0) is 43.2 Å². The van der Waals surface area contributed by atoms with Gasteiger partial charge in [0, 0.05) is 29.1 Å². The van der Waals surface area contributed by atoms with Crippen molar-refractivity contribution < 1.29 is 4.79 Å². The summed E-state index contributed by atoms with van der Waals surface area (Å²) >= 11 is 0. The molecule has 1 aliphatic carbocycles. The third-order valence-electron chi connectivity index (χ3n) is 5.94. The monoisotopic (exact) mass is 280 g/mol. The van der Waals surface area contributed by atoms with Crippen LogP contribution >= 0.6 is 0 Å². The lowest BCUT2D eigenvalue weighted by molar-refractivity contribution is -0.144. The minimum Gasteiger partial charge on any atom is -0.356 e.